The minimum Gasteiger partial charge on any atom is -0.497 e. The molecule has 4 heteroatoms. The lowest BCUT2D eigenvalue weighted by molar-refractivity contribution is 0.387. The Bertz CT molecular complexity index is 580. The van der Waals surface area contributed by atoms with Gasteiger partial charge in [0.05, 0.1) is 20.3 Å². The molecule has 0 bridgehead atoms. The van der Waals surface area contributed by atoms with Crippen molar-refractivity contribution in [1.82, 2.24) is 5.32 Å². The minimum absolute atomic E-state index is 0.149. The topological polar surface area (TPSA) is 30.5 Å². The molecule has 2 rings (SSSR count). The van der Waals surface area contributed by atoms with E-state index in [1.54, 1.807) is 25.6 Å². The molecule has 2 aromatic rings. The van der Waals surface area contributed by atoms with Gasteiger partial charge in [-0.25, -0.2) is 0 Å². The van der Waals surface area contributed by atoms with Gasteiger partial charge in [0.15, 0.2) is 0 Å². The first-order chi connectivity index (χ1) is 10.2. The number of nitrogens with one attached hydrogen (secondary N) is 1. The van der Waals surface area contributed by atoms with Gasteiger partial charge in [0.1, 0.15) is 11.5 Å². The second-order valence-electron chi connectivity index (χ2n) is 4.99. The zero-order chi connectivity index (χ0) is 15.2. The predicted molar refractivity (Wildman–Crippen MR) is 88.7 cm³/mol. The van der Waals surface area contributed by atoms with E-state index < -0.39 is 0 Å². The second-order valence-corrected chi connectivity index (χ2v) is 6.10. The average Bonchev–Trinajstić information content (AvgIpc) is 2.94. The number of aryl methyl sites for hydroxylation is 1. The summed E-state index contributed by atoms with van der Waals surface area (Å²) in [5.41, 5.74) is 2.43. The van der Waals surface area contributed by atoms with Gasteiger partial charge in [0.25, 0.3) is 0 Å². The first-order valence-corrected chi connectivity index (χ1v) is 8.07. The van der Waals surface area contributed by atoms with Crippen LogP contribution in [-0.4, -0.2) is 20.8 Å². The van der Waals surface area contributed by atoms with Crippen molar-refractivity contribution in [3.8, 4) is 11.5 Å². The largest absolute Gasteiger partial charge is 0.497 e. The molecule has 1 aromatic heterocycles. The van der Waals surface area contributed by atoms with E-state index in [0.29, 0.717) is 0 Å². The van der Waals surface area contributed by atoms with Gasteiger partial charge in [0.2, 0.25) is 0 Å². The molecule has 0 aliphatic carbocycles. The van der Waals surface area contributed by atoms with Gasteiger partial charge in [-0.3, -0.25) is 0 Å². The monoisotopic (exact) mass is 305 g/mol. The molecule has 0 aliphatic rings. The molecule has 3 nitrogen and oxygen atoms in total. The molecule has 0 saturated heterocycles. The highest BCUT2D eigenvalue weighted by Crippen LogP contribution is 2.34. The van der Waals surface area contributed by atoms with Crippen LogP contribution >= 0.6 is 11.3 Å². The quantitative estimate of drug-likeness (QED) is 0.833. The Morgan fingerprint density at radius 2 is 2.00 bits per heavy atom. The number of ether oxygens (including phenoxy) is 2. The lowest BCUT2D eigenvalue weighted by Gasteiger charge is -2.21. The van der Waals surface area contributed by atoms with Gasteiger partial charge in [-0.1, -0.05) is 6.92 Å². The van der Waals surface area contributed by atoms with E-state index in [1.165, 1.54) is 10.4 Å². The summed E-state index contributed by atoms with van der Waals surface area (Å²) < 4.78 is 10.8. The number of hydrogen-bond acceptors (Lipinski definition) is 4. The lowest BCUT2D eigenvalue weighted by atomic mass is 9.99. The summed E-state index contributed by atoms with van der Waals surface area (Å²) in [4.78, 5) is 1.32. The summed E-state index contributed by atoms with van der Waals surface area (Å²) in [6.45, 7) is 5.28. The van der Waals surface area contributed by atoms with Gasteiger partial charge in [-0.2, -0.15) is 0 Å². The summed E-state index contributed by atoms with van der Waals surface area (Å²) >= 11 is 1.78. The molecule has 1 unspecified atom stereocenters. The standard InChI is InChI=1S/C17H23NO2S/c1-5-8-18-17(13-9-12(2)21-11-13)15-7-6-14(19-3)10-16(15)20-4/h6-7,9-11,17-18H,5,8H2,1-4H3. The Labute approximate surface area is 130 Å². The molecule has 0 spiro atoms. The van der Waals surface area contributed by atoms with Crippen molar-refractivity contribution in [1.29, 1.82) is 0 Å². The maximum Gasteiger partial charge on any atom is 0.127 e. The summed E-state index contributed by atoms with van der Waals surface area (Å²) in [5.74, 6) is 1.66. The maximum atomic E-state index is 5.56. The number of thiophene rings is 1. The molecule has 1 heterocycles. The Morgan fingerprint density at radius 3 is 2.57 bits per heavy atom. The van der Waals surface area contributed by atoms with Crippen molar-refractivity contribution in [3.05, 3.63) is 45.6 Å². The van der Waals surface area contributed by atoms with E-state index in [4.69, 9.17) is 9.47 Å². The molecular formula is C17H23NO2S. The van der Waals surface area contributed by atoms with Crippen molar-refractivity contribution in [2.75, 3.05) is 20.8 Å². The first kappa shape index (κ1) is 15.9. The van der Waals surface area contributed by atoms with Crippen molar-refractivity contribution in [2.45, 2.75) is 26.3 Å². The van der Waals surface area contributed by atoms with Gasteiger partial charge >= 0.3 is 0 Å². The fourth-order valence-corrected chi connectivity index (χ4v) is 3.10. The number of rotatable bonds is 7. The van der Waals surface area contributed by atoms with Crippen LogP contribution in [0.4, 0.5) is 0 Å². The van der Waals surface area contributed by atoms with Crippen molar-refractivity contribution >= 4 is 11.3 Å². The van der Waals surface area contributed by atoms with E-state index >= 15 is 0 Å². The van der Waals surface area contributed by atoms with Crippen molar-refractivity contribution in [3.63, 3.8) is 0 Å². The van der Waals surface area contributed by atoms with Crippen LogP contribution in [0.2, 0.25) is 0 Å². The molecule has 1 N–H and O–H groups in total. The molecule has 0 fully saturated rings. The van der Waals surface area contributed by atoms with E-state index in [0.717, 1.165) is 30.0 Å². The van der Waals surface area contributed by atoms with Gasteiger partial charge < -0.3 is 14.8 Å². The molecule has 0 saturated carbocycles. The molecule has 0 aliphatic heterocycles. The SMILES string of the molecule is CCCNC(c1csc(C)c1)c1ccc(OC)cc1OC. The molecule has 0 radical (unpaired) electrons. The lowest BCUT2D eigenvalue weighted by Crippen LogP contribution is -2.23. The number of hydrogen-bond donors (Lipinski definition) is 1. The zero-order valence-corrected chi connectivity index (χ0v) is 13.9. The molecule has 0 amide bonds. The third-order valence-electron chi connectivity index (χ3n) is 3.43. The first-order valence-electron chi connectivity index (χ1n) is 7.20. The van der Waals surface area contributed by atoms with Gasteiger partial charge in [-0.05, 0) is 49.0 Å². The Balaban J connectivity index is 2.40. The van der Waals surface area contributed by atoms with E-state index in [2.05, 4.69) is 36.7 Å². The Kier molecular flexibility index (Phi) is 5.65. The summed E-state index contributed by atoms with van der Waals surface area (Å²) in [7, 11) is 3.37. The average molecular weight is 305 g/mol. The molecule has 1 aromatic carbocycles. The third kappa shape index (κ3) is 3.77. The van der Waals surface area contributed by atoms with Gasteiger partial charge in [0, 0.05) is 16.5 Å². The smallest absolute Gasteiger partial charge is 0.127 e. The third-order valence-corrected chi connectivity index (χ3v) is 4.31. The van der Waals surface area contributed by atoms with Crippen LogP contribution in [0, 0.1) is 6.92 Å². The predicted octanol–water partition coefficient (Wildman–Crippen LogP) is 4.16. The van der Waals surface area contributed by atoms with Crippen LogP contribution in [0.1, 0.15) is 35.4 Å². The highest BCUT2D eigenvalue weighted by atomic mass is 32.1. The molecule has 114 valence electrons. The second kappa shape index (κ2) is 7.48. The van der Waals surface area contributed by atoms with Crippen molar-refractivity contribution in [2.24, 2.45) is 0 Å². The molecule has 21 heavy (non-hydrogen) atoms. The highest BCUT2D eigenvalue weighted by Gasteiger charge is 2.19. The van der Waals surface area contributed by atoms with Crippen LogP contribution in [0.25, 0.3) is 0 Å². The summed E-state index contributed by atoms with van der Waals surface area (Å²) in [6.07, 6.45) is 1.10. The van der Waals surface area contributed by atoms with Crippen LogP contribution in [0.3, 0.4) is 0 Å². The fraction of sp³-hybridized carbons (Fsp3) is 0.412. The van der Waals surface area contributed by atoms with Crippen molar-refractivity contribution < 1.29 is 9.47 Å². The van der Waals surface area contributed by atoms with E-state index in [9.17, 15) is 0 Å². The Hall–Kier alpha value is -1.52. The summed E-state index contributed by atoms with van der Waals surface area (Å²) in [6, 6.07) is 8.39. The van der Waals surface area contributed by atoms with Crippen LogP contribution in [-0.2, 0) is 0 Å². The Morgan fingerprint density at radius 1 is 1.19 bits per heavy atom. The minimum atomic E-state index is 0.149. The maximum absolute atomic E-state index is 5.56. The van der Waals surface area contributed by atoms with Gasteiger partial charge in [-0.15, -0.1) is 11.3 Å². The van der Waals surface area contributed by atoms with Crippen LogP contribution in [0.5, 0.6) is 11.5 Å². The zero-order valence-electron chi connectivity index (χ0n) is 13.1. The highest BCUT2D eigenvalue weighted by molar-refractivity contribution is 7.10. The van der Waals surface area contributed by atoms with Crippen LogP contribution < -0.4 is 14.8 Å². The molecule has 1 atom stereocenters. The van der Waals surface area contributed by atoms with E-state index in [1.807, 2.05) is 12.1 Å². The number of benzene rings is 1. The normalized spacial score (nSPS) is 12.2. The summed E-state index contributed by atoms with van der Waals surface area (Å²) in [5, 5.41) is 5.83. The van der Waals surface area contributed by atoms with E-state index in [-0.39, 0.29) is 6.04 Å². The van der Waals surface area contributed by atoms with Crippen LogP contribution in [0.15, 0.2) is 29.6 Å². The molecular weight excluding hydrogens is 282 g/mol. The fourth-order valence-electron chi connectivity index (χ4n) is 2.37. The number of methoxy groups -OCH3 is 2.